The Labute approximate surface area is 175 Å². The van der Waals surface area contributed by atoms with Gasteiger partial charge in [0, 0.05) is 0 Å². The fourth-order valence-corrected chi connectivity index (χ4v) is 3.87. The molecule has 1 amide bonds. The SMILES string of the molecule is CC(C)[C@@H](NS(=O)(=O)c1ccccc1)C(=O)O[C@H](C)C(=O)Nc1ccccc1C#N. The molecule has 0 aliphatic heterocycles. The Morgan fingerprint density at radius 3 is 2.20 bits per heavy atom. The summed E-state index contributed by atoms with van der Waals surface area (Å²) in [5, 5.41) is 11.6. The van der Waals surface area contributed by atoms with Crippen molar-refractivity contribution in [2.45, 2.75) is 37.8 Å². The molecule has 2 N–H and O–H groups in total. The predicted octanol–water partition coefficient (Wildman–Crippen LogP) is 2.43. The maximum absolute atomic E-state index is 12.6. The average Bonchev–Trinajstić information content (AvgIpc) is 2.72. The summed E-state index contributed by atoms with van der Waals surface area (Å²) in [7, 11) is -3.95. The molecule has 0 heterocycles. The zero-order chi connectivity index (χ0) is 22.3. The van der Waals surface area contributed by atoms with E-state index in [0.29, 0.717) is 0 Å². The van der Waals surface area contributed by atoms with Crippen LogP contribution in [0.1, 0.15) is 26.3 Å². The van der Waals surface area contributed by atoms with Gasteiger partial charge in [-0.05, 0) is 37.1 Å². The minimum Gasteiger partial charge on any atom is -0.451 e. The molecule has 0 bridgehead atoms. The molecule has 0 saturated carbocycles. The number of nitrogens with zero attached hydrogens (tertiary/aromatic N) is 1. The molecule has 0 fully saturated rings. The van der Waals surface area contributed by atoms with E-state index < -0.39 is 40.0 Å². The summed E-state index contributed by atoms with van der Waals surface area (Å²) < 4.78 is 32.7. The summed E-state index contributed by atoms with van der Waals surface area (Å²) in [6.07, 6.45) is -1.20. The summed E-state index contributed by atoms with van der Waals surface area (Å²) in [5.41, 5.74) is 0.554. The van der Waals surface area contributed by atoms with Crippen LogP contribution in [0.3, 0.4) is 0 Å². The quantitative estimate of drug-likeness (QED) is 0.621. The molecule has 0 spiro atoms. The molecule has 2 aromatic rings. The molecule has 9 heteroatoms. The monoisotopic (exact) mass is 429 g/mol. The first kappa shape index (κ1) is 23.1. The summed E-state index contributed by atoms with van der Waals surface area (Å²) in [5.74, 6) is -1.94. The number of anilines is 1. The lowest BCUT2D eigenvalue weighted by atomic mass is 10.1. The van der Waals surface area contributed by atoms with Crippen LogP contribution in [0.5, 0.6) is 0 Å². The molecular weight excluding hydrogens is 406 g/mol. The highest BCUT2D eigenvalue weighted by molar-refractivity contribution is 7.89. The van der Waals surface area contributed by atoms with Crippen LogP contribution in [-0.4, -0.2) is 32.4 Å². The number of ether oxygens (including phenoxy) is 1. The van der Waals surface area contributed by atoms with Crippen LogP contribution >= 0.6 is 0 Å². The second-order valence-corrected chi connectivity index (χ2v) is 8.60. The molecular formula is C21H23N3O5S. The normalized spacial score (nSPS) is 13.2. The molecule has 158 valence electrons. The van der Waals surface area contributed by atoms with Crippen LogP contribution in [0.25, 0.3) is 0 Å². The zero-order valence-electron chi connectivity index (χ0n) is 16.8. The minimum absolute atomic E-state index is 0.0161. The van der Waals surface area contributed by atoms with Gasteiger partial charge in [0.2, 0.25) is 10.0 Å². The number of amides is 1. The van der Waals surface area contributed by atoms with Crippen molar-refractivity contribution in [2.75, 3.05) is 5.32 Å². The smallest absolute Gasteiger partial charge is 0.325 e. The van der Waals surface area contributed by atoms with E-state index in [-0.39, 0.29) is 16.1 Å². The topological polar surface area (TPSA) is 125 Å². The third kappa shape index (κ3) is 5.89. The lowest BCUT2D eigenvalue weighted by Crippen LogP contribution is -2.47. The summed E-state index contributed by atoms with van der Waals surface area (Å²) in [6, 6.07) is 14.8. The van der Waals surface area contributed by atoms with Crippen molar-refractivity contribution >= 4 is 27.6 Å². The number of para-hydroxylation sites is 1. The van der Waals surface area contributed by atoms with Gasteiger partial charge in [-0.2, -0.15) is 9.98 Å². The number of hydrogen-bond donors (Lipinski definition) is 2. The van der Waals surface area contributed by atoms with Crippen molar-refractivity contribution in [1.29, 1.82) is 5.26 Å². The summed E-state index contributed by atoms with van der Waals surface area (Å²) in [6.45, 7) is 4.69. The van der Waals surface area contributed by atoms with Crippen molar-refractivity contribution < 1.29 is 22.7 Å². The molecule has 0 aliphatic rings. The van der Waals surface area contributed by atoms with Gasteiger partial charge in [0.25, 0.3) is 5.91 Å². The summed E-state index contributed by atoms with van der Waals surface area (Å²) >= 11 is 0. The number of carbonyl (C=O) groups is 2. The van der Waals surface area contributed by atoms with Gasteiger partial charge >= 0.3 is 5.97 Å². The molecule has 0 aliphatic carbocycles. The van der Waals surface area contributed by atoms with Crippen molar-refractivity contribution in [2.24, 2.45) is 5.92 Å². The number of rotatable bonds is 8. The lowest BCUT2D eigenvalue weighted by molar-refractivity contribution is -0.155. The Morgan fingerprint density at radius 2 is 1.60 bits per heavy atom. The van der Waals surface area contributed by atoms with Crippen LogP contribution < -0.4 is 10.0 Å². The number of esters is 1. The maximum atomic E-state index is 12.6. The van der Waals surface area contributed by atoms with E-state index in [2.05, 4.69) is 10.0 Å². The maximum Gasteiger partial charge on any atom is 0.325 e. The molecule has 0 saturated heterocycles. The third-order valence-corrected chi connectivity index (χ3v) is 5.68. The average molecular weight is 429 g/mol. The van der Waals surface area contributed by atoms with E-state index in [1.54, 1.807) is 56.3 Å². The van der Waals surface area contributed by atoms with Crippen molar-refractivity contribution in [3.8, 4) is 6.07 Å². The van der Waals surface area contributed by atoms with E-state index in [9.17, 15) is 18.0 Å². The van der Waals surface area contributed by atoms with Gasteiger partial charge in [-0.1, -0.05) is 44.2 Å². The van der Waals surface area contributed by atoms with Gasteiger partial charge < -0.3 is 10.1 Å². The fraction of sp³-hybridized carbons (Fsp3) is 0.286. The van der Waals surface area contributed by atoms with Crippen LogP contribution in [-0.2, 0) is 24.3 Å². The third-order valence-electron chi connectivity index (χ3n) is 4.22. The Morgan fingerprint density at radius 1 is 1.00 bits per heavy atom. The number of benzene rings is 2. The number of nitriles is 1. The number of sulfonamides is 1. The van der Waals surface area contributed by atoms with Crippen LogP contribution in [0.2, 0.25) is 0 Å². The number of nitrogens with one attached hydrogen (secondary N) is 2. The van der Waals surface area contributed by atoms with E-state index in [4.69, 9.17) is 10.00 Å². The molecule has 0 unspecified atom stereocenters. The fourth-order valence-electron chi connectivity index (χ4n) is 2.52. The van der Waals surface area contributed by atoms with Crippen molar-refractivity contribution in [3.05, 3.63) is 60.2 Å². The molecule has 2 rings (SSSR count). The predicted molar refractivity (Wildman–Crippen MR) is 111 cm³/mol. The van der Waals surface area contributed by atoms with Gasteiger partial charge in [-0.3, -0.25) is 9.59 Å². The number of carbonyl (C=O) groups excluding carboxylic acids is 2. The molecule has 2 aromatic carbocycles. The Balaban J connectivity index is 2.09. The lowest BCUT2D eigenvalue weighted by Gasteiger charge is -2.23. The largest absolute Gasteiger partial charge is 0.451 e. The van der Waals surface area contributed by atoms with Gasteiger partial charge in [0.15, 0.2) is 6.10 Å². The Bertz CT molecular complexity index is 1050. The molecule has 8 nitrogen and oxygen atoms in total. The van der Waals surface area contributed by atoms with Gasteiger partial charge in [-0.25, -0.2) is 8.42 Å². The number of hydrogen-bond acceptors (Lipinski definition) is 6. The first-order valence-electron chi connectivity index (χ1n) is 9.23. The summed E-state index contributed by atoms with van der Waals surface area (Å²) in [4.78, 5) is 25.0. The van der Waals surface area contributed by atoms with Crippen molar-refractivity contribution in [1.82, 2.24) is 4.72 Å². The highest BCUT2D eigenvalue weighted by Crippen LogP contribution is 2.16. The first-order valence-corrected chi connectivity index (χ1v) is 10.7. The second kappa shape index (κ2) is 10.0. The molecule has 0 aromatic heterocycles. The minimum atomic E-state index is -3.95. The van der Waals surface area contributed by atoms with Crippen LogP contribution in [0, 0.1) is 17.2 Å². The second-order valence-electron chi connectivity index (χ2n) is 6.88. The highest BCUT2D eigenvalue weighted by Gasteiger charge is 2.32. The Hall–Kier alpha value is -3.22. The molecule has 0 radical (unpaired) electrons. The van der Waals surface area contributed by atoms with Crippen LogP contribution in [0.4, 0.5) is 5.69 Å². The standard InChI is InChI=1S/C21H23N3O5S/c1-14(2)19(24-30(27,28)17-10-5-4-6-11-17)21(26)29-15(3)20(25)23-18-12-8-7-9-16(18)13-22/h4-12,14-15,19,24H,1-3H3,(H,23,25)/t15-,19-/m1/s1. The first-order chi connectivity index (χ1) is 14.2. The highest BCUT2D eigenvalue weighted by atomic mass is 32.2. The molecule has 30 heavy (non-hydrogen) atoms. The van der Waals surface area contributed by atoms with E-state index in [1.165, 1.54) is 19.1 Å². The van der Waals surface area contributed by atoms with Gasteiger partial charge in [0.1, 0.15) is 12.1 Å². The Kier molecular flexibility index (Phi) is 7.69. The van der Waals surface area contributed by atoms with E-state index >= 15 is 0 Å². The van der Waals surface area contributed by atoms with Crippen molar-refractivity contribution in [3.63, 3.8) is 0 Å². The zero-order valence-corrected chi connectivity index (χ0v) is 17.6. The van der Waals surface area contributed by atoms with E-state index in [0.717, 1.165) is 0 Å². The van der Waals surface area contributed by atoms with Gasteiger partial charge in [0.05, 0.1) is 16.1 Å². The van der Waals surface area contributed by atoms with Gasteiger partial charge in [-0.15, -0.1) is 0 Å². The van der Waals surface area contributed by atoms with Crippen LogP contribution in [0.15, 0.2) is 59.5 Å². The molecule has 2 atom stereocenters. The van der Waals surface area contributed by atoms with E-state index in [1.807, 2.05) is 6.07 Å².